The van der Waals surface area contributed by atoms with Crippen molar-refractivity contribution in [1.29, 1.82) is 0 Å². The van der Waals surface area contributed by atoms with Crippen molar-refractivity contribution in [2.75, 3.05) is 50.8 Å². The molecule has 126 valence electrons. The molecule has 0 radical (unpaired) electrons. The number of hydrogen-bond acceptors (Lipinski definition) is 5. The minimum Gasteiger partial charge on any atom is -0.381 e. The Morgan fingerprint density at radius 3 is 2.78 bits per heavy atom. The van der Waals surface area contributed by atoms with E-state index in [1.165, 1.54) is 19.3 Å². The molecule has 23 heavy (non-hydrogen) atoms. The zero-order valence-electron chi connectivity index (χ0n) is 13.7. The molecule has 1 N–H and O–H groups in total. The van der Waals surface area contributed by atoms with Gasteiger partial charge in [-0.3, -0.25) is 9.78 Å². The fraction of sp³-hybridized carbons (Fsp3) is 0.765. The summed E-state index contributed by atoms with van der Waals surface area (Å²) in [5.41, 5.74) is 1.99. The number of ether oxygens (including phenoxy) is 1. The second-order valence-electron chi connectivity index (χ2n) is 7.04. The van der Waals surface area contributed by atoms with Gasteiger partial charge in [-0.25, -0.2) is 4.98 Å². The Kier molecular flexibility index (Phi) is 4.35. The minimum absolute atomic E-state index is 0.0722. The highest BCUT2D eigenvalue weighted by atomic mass is 16.5. The van der Waals surface area contributed by atoms with Crippen LogP contribution in [0.25, 0.3) is 0 Å². The maximum Gasteiger partial charge on any atom is 0.255 e. The molecule has 1 aromatic rings. The third kappa shape index (κ3) is 3.28. The zero-order chi connectivity index (χ0) is 15.6. The van der Waals surface area contributed by atoms with Crippen molar-refractivity contribution in [1.82, 2.24) is 14.9 Å². The quantitative estimate of drug-likeness (QED) is 0.893. The van der Waals surface area contributed by atoms with E-state index in [9.17, 15) is 4.79 Å². The summed E-state index contributed by atoms with van der Waals surface area (Å²) in [5, 5.41) is 0. The Hall–Kier alpha value is -1.40. The van der Waals surface area contributed by atoms with E-state index >= 15 is 0 Å². The Labute approximate surface area is 136 Å². The van der Waals surface area contributed by atoms with Crippen molar-refractivity contribution in [3.63, 3.8) is 0 Å². The molecule has 2 saturated heterocycles. The topological polar surface area (TPSA) is 61.5 Å². The number of fused-ring (bicyclic) bond motifs is 1. The summed E-state index contributed by atoms with van der Waals surface area (Å²) in [4.78, 5) is 25.0. The third-order valence-corrected chi connectivity index (χ3v) is 5.38. The van der Waals surface area contributed by atoms with Crippen molar-refractivity contribution < 1.29 is 4.74 Å². The van der Waals surface area contributed by atoms with E-state index in [2.05, 4.69) is 14.8 Å². The van der Waals surface area contributed by atoms with Gasteiger partial charge in [0.05, 0.1) is 12.3 Å². The van der Waals surface area contributed by atoms with Gasteiger partial charge in [0.25, 0.3) is 5.56 Å². The number of H-pyrrole nitrogens is 1. The van der Waals surface area contributed by atoms with E-state index in [0.717, 1.165) is 76.0 Å². The Morgan fingerprint density at radius 1 is 1.17 bits per heavy atom. The van der Waals surface area contributed by atoms with Gasteiger partial charge in [0.1, 0.15) is 0 Å². The van der Waals surface area contributed by atoms with E-state index in [1.807, 2.05) is 0 Å². The number of aromatic nitrogens is 2. The first-order valence-electron chi connectivity index (χ1n) is 8.97. The van der Waals surface area contributed by atoms with Crippen LogP contribution in [0.2, 0.25) is 0 Å². The number of aromatic amines is 1. The molecule has 1 aromatic heterocycles. The molecule has 1 unspecified atom stereocenters. The predicted octanol–water partition coefficient (Wildman–Crippen LogP) is 0.807. The molecule has 0 saturated carbocycles. The average Bonchev–Trinajstić information content (AvgIpc) is 3.21. The van der Waals surface area contributed by atoms with Crippen LogP contribution in [0.15, 0.2) is 4.79 Å². The highest BCUT2D eigenvalue weighted by molar-refractivity contribution is 5.35. The van der Waals surface area contributed by atoms with Gasteiger partial charge in [0, 0.05) is 51.3 Å². The second-order valence-corrected chi connectivity index (χ2v) is 7.04. The molecule has 4 rings (SSSR count). The van der Waals surface area contributed by atoms with Crippen molar-refractivity contribution in [3.8, 4) is 0 Å². The maximum absolute atomic E-state index is 12.5. The number of nitrogens with one attached hydrogen (secondary N) is 1. The SMILES string of the molecule is O=c1[nH]c(N2CCCC2)nc2c1CCN(CC1CCOC1)CC2. The third-order valence-electron chi connectivity index (χ3n) is 5.38. The molecular formula is C17H26N4O2. The van der Waals surface area contributed by atoms with E-state index in [-0.39, 0.29) is 5.56 Å². The molecule has 0 aromatic carbocycles. The van der Waals surface area contributed by atoms with Gasteiger partial charge in [0.15, 0.2) is 0 Å². The van der Waals surface area contributed by atoms with E-state index in [4.69, 9.17) is 9.72 Å². The van der Waals surface area contributed by atoms with Crippen LogP contribution in [0.1, 0.15) is 30.5 Å². The Morgan fingerprint density at radius 2 is 2.00 bits per heavy atom. The summed E-state index contributed by atoms with van der Waals surface area (Å²) in [6.45, 7) is 6.85. The van der Waals surface area contributed by atoms with Gasteiger partial charge in [-0.2, -0.15) is 0 Å². The first-order chi connectivity index (χ1) is 11.3. The summed E-state index contributed by atoms with van der Waals surface area (Å²) in [7, 11) is 0. The molecule has 3 aliphatic rings. The standard InChI is InChI=1S/C17H26N4O2/c22-16-14-3-8-20(11-13-5-10-23-12-13)9-4-15(14)18-17(19-16)21-6-1-2-7-21/h13H,1-12H2,(H,18,19,22). The van der Waals surface area contributed by atoms with Gasteiger partial charge in [-0.1, -0.05) is 0 Å². The summed E-state index contributed by atoms with van der Waals surface area (Å²) in [6.07, 6.45) is 5.25. The van der Waals surface area contributed by atoms with Crippen LogP contribution < -0.4 is 10.5 Å². The molecule has 0 aliphatic carbocycles. The van der Waals surface area contributed by atoms with Gasteiger partial charge in [0.2, 0.25) is 5.95 Å². The van der Waals surface area contributed by atoms with E-state index in [0.29, 0.717) is 5.92 Å². The highest BCUT2D eigenvalue weighted by Gasteiger charge is 2.24. The molecule has 6 heteroatoms. The average molecular weight is 318 g/mol. The van der Waals surface area contributed by atoms with Crippen LogP contribution >= 0.6 is 0 Å². The van der Waals surface area contributed by atoms with Gasteiger partial charge < -0.3 is 14.5 Å². The summed E-state index contributed by atoms with van der Waals surface area (Å²) in [5.74, 6) is 1.44. The fourth-order valence-corrected chi connectivity index (χ4v) is 4.00. The lowest BCUT2D eigenvalue weighted by Crippen LogP contribution is -2.32. The lowest BCUT2D eigenvalue weighted by molar-refractivity contribution is 0.168. The monoisotopic (exact) mass is 318 g/mol. The number of hydrogen-bond donors (Lipinski definition) is 1. The molecule has 0 bridgehead atoms. The van der Waals surface area contributed by atoms with Crippen molar-refractivity contribution >= 4 is 5.95 Å². The van der Waals surface area contributed by atoms with Crippen molar-refractivity contribution in [2.24, 2.45) is 5.92 Å². The smallest absolute Gasteiger partial charge is 0.255 e. The van der Waals surface area contributed by atoms with Gasteiger partial charge in [-0.05, 0) is 31.6 Å². The lowest BCUT2D eigenvalue weighted by atomic mass is 10.1. The largest absolute Gasteiger partial charge is 0.381 e. The summed E-state index contributed by atoms with van der Waals surface area (Å²) in [6, 6.07) is 0. The second kappa shape index (κ2) is 6.61. The lowest BCUT2D eigenvalue weighted by Gasteiger charge is -2.22. The van der Waals surface area contributed by atoms with E-state index < -0.39 is 0 Å². The fourth-order valence-electron chi connectivity index (χ4n) is 4.00. The Balaban J connectivity index is 1.49. The van der Waals surface area contributed by atoms with Crippen LogP contribution in [0, 0.1) is 5.92 Å². The zero-order valence-corrected chi connectivity index (χ0v) is 13.7. The molecule has 2 fully saturated rings. The van der Waals surface area contributed by atoms with Crippen LogP contribution in [0.3, 0.4) is 0 Å². The highest BCUT2D eigenvalue weighted by Crippen LogP contribution is 2.19. The number of nitrogens with zero attached hydrogens (tertiary/aromatic N) is 3. The normalized spacial score (nSPS) is 25.6. The molecule has 6 nitrogen and oxygen atoms in total. The van der Waals surface area contributed by atoms with Crippen LogP contribution in [-0.2, 0) is 17.6 Å². The van der Waals surface area contributed by atoms with Crippen molar-refractivity contribution in [2.45, 2.75) is 32.1 Å². The summed E-state index contributed by atoms with van der Waals surface area (Å²) < 4.78 is 5.48. The van der Waals surface area contributed by atoms with Gasteiger partial charge in [-0.15, -0.1) is 0 Å². The number of anilines is 1. The molecule has 0 spiro atoms. The summed E-state index contributed by atoms with van der Waals surface area (Å²) >= 11 is 0. The minimum atomic E-state index is 0.0722. The van der Waals surface area contributed by atoms with Crippen LogP contribution in [-0.4, -0.2) is 60.8 Å². The Bertz CT molecular complexity index is 603. The molecule has 4 heterocycles. The van der Waals surface area contributed by atoms with E-state index in [1.54, 1.807) is 0 Å². The molecule has 0 amide bonds. The first-order valence-corrected chi connectivity index (χ1v) is 8.97. The van der Waals surface area contributed by atoms with Crippen LogP contribution in [0.5, 0.6) is 0 Å². The molecular weight excluding hydrogens is 292 g/mol. The molecule has 1 atom stereocenters. The maximum atomic E-state index is 12.5. The predicted molar refractivity (Wildman–Crippen MR) is 89.1 cm³/mol. The molecule has 3 aliphatic heterocycles. The van der Waals surface area contributed by atoms with Crippen LogP contribution in [0.4, 0.5) is 5.95 Å². The number of rotatable bonds is 3. The first kappa shape index (κ1) is 15.1. The van der Waals surface area contributed by atoms with Crippen molar-refractivity contribution in [3.05, 3.63) is 21.6 Å². The van der Waals surface area contributed by atoms with Gasteiger partial charge >= 0.3 is 0 Å².